The summed E-state index contributed by atoms with van der Waals surface area (Å²) in [6, 6.07) is 0.659. The summed E-state index contributed by atoms with van der Waals surface area (Å²) in [5, 5.41) is 3.46. The lowest BCUT2D eigenvalue weighted by molar-refractivity contribution is 0.192. The lowest BCUT2D eigenvalue weighted by atomic mass is 10.3. The van der Waals surface area contributed by atoms with Gasteiger partial charge in [0.1, 0.15) is 0 Å². The Morgan fingerprint density at radius 2 is 1.80 bits per heavy atom. The number of methoxy groups -OCH3 is 1. The molecule has 0 unspecified atom stereocenters. The summed E-state index contributed by atoms with van der Waals surface area (Å²) in [6.07, 6.45) is 3.61. The van der Waals surface area contributed by atoms with E-state index in [0.29, 0.717) is 6.04 Å². The van der Waals surface area contributed by atoms with Crippen molar-refractivity contribution in [2.45, 2.75) is 39.2 Å². The van der Waals surface area contributed by atoms with Crippen LogP contribution in [0.2, 0.25) is 0 Å². The molecule has 1 N–H and O–H groups in total. The third kappa shape index (κ3) is 10.2. The van der Waals surface area contributed by atoms with Gasteiger partial charge in [0.25, 0.3) is 0 Å². The van der Waals surface area contributed by atoms with Crippen molar-refractivity contribution >= 4 is 0 Å². The minimum atomic E-state index is 0.659. The standard InChI is InChI=1S/C12H28N2O/c1-12(2)14(3)10-7-9-13-8-5-6-11-15-4/h12-13H,5-11H2,1-4H3. The van der Waals surface area contributed by atoms with Gasteiger partial charge in [-0.25, -0.2) is 0 Å². The molecule has 0 heterocycles. The average Bonchev–Trinajstić information content (AvgIpc) is 2.21. The maximum Gasteiger partial charge on any atom is 0.0462 e. The van der Waals surface area contributed by atoms with Crippen LogP contribution in [0.3, 0.4) is 0 Å². The van der Waals surface area contributed by atoms with Gasteiger partial charge in [-0.3, -0.25) is 0 Å². The van der Waals surface area contributed by atoms with E-state index in [1.807, 2.05) is 0 Å². The molecule has 92 valence electrons. The van der Waals surface area contributed by atoms with Crippen molar-refractivity contribution < 1.29 is 4.74 Å². The van der Waals surface area contributed by atoms with E-state index in [-0.39, 0.29) is 0 Å². The van der Waals surface area contributed by atoms with Gasteiger partial charge in [0, 0.05) is 19.8 Å². The zero-order valence-electron chi connectivity index (χ0n) is 10.9. The number of nitrogens with zero attached hydrogens (tertiary/aromatic N) is 1. The van der Waals surface area contributed by atoms with Crippen LogP contribution in [-0.2, 0) is 4.74 Å². The lowest BCUT2D eigenvalue weighted by Gasteiger charge is -2.20. The second-order valence-electron chi connectivity index (χ2n) is 4.38. The van der Waals surface area contributed by atoms with E-state index in [0.717, 1.165) is 26.1 Å². The highest BCUT2D eigenvalue weighted by molar-refractivity contribution is 4.58. The Labute approximate surface area is 95.2 Å². The fraction of sp³-hybridized carbons (Fsp3) is 1.00. The molecule has 0 saturated heterocycles. The molecule has 0 radical (unpaired) electrons. The second-order valence-corrected chi connectivity index (χ2v) is 4.38. The van der Waals surface area contributed by atoms with Crippen molar-refractivity contribution in [3.05, 3.63) is 0 Å². The fourth-order valence-corrected chi connectivity index (χ4v) is 1.33. The van der Waals surface area contributed by atoms with E-state index in [4.69, 9.17) is 4.74 Å². The molecule has 15 heavy (non-hydrogen) atoms. The van der Waals surface area contributed by atoms with Gasteiger partial charge in [0.05, 0.1) is 0 Å². The summed E-state index contributed by atoms with van der Waals surface area (Å²) >= 11 is 0. The minimum absolute atomic E-state index is 0.659. The highest BCUT2D eigenvalue weighted by atomic mass is 16.5. The van der Waals surface area contributed by atoms with Crippen LogP contribution >= 0.6 is 0 Å². The molecule has 0 spiro atoms. The number of rotatable bonds is 10. The van der Waals surface area contributed by atoms with Crippen molar-refractivity contribution in [2.24, 2.45) is 0 Å². The van der Waals surface area contributed by atoms with Crippen LogP contribution in [0.4, 0.5) is 0 Å². The van der Waals surface area contributed by atoms with E-state index < -0.39 is 0 Å². The Morgan fingerprint density at radius 3 is 2.40 bits per heavy atom. The Bertz CT molecular complexity index is 129. The molecule has 0 fully saturated rings. The molecule has 3 heteroatoms. The predicted molar refractivity (Wildman–Crippen MR) is 66.4 cm³/mol. The zero-order chi connectivity index (χ0) is 11.5. The molecule has 0 rings (SSSR count). The molecule has 0 aromatic carbocycles. The molecule has 0 aromatic heterocycles. The van der Waals surface area contributed by atoms with Gasteiger partial charge in [-0.2, -0.15) is 0 Å². The molecule has 0 aliphatic heterocycles. The number of hydrogen-bond donors (Lipinski definition) is 1. The van der Waals surface area contributed by atoms with Crippen molar-refractivity contribution in [3.63, 3.8) is 0 Å². The molecule has 0 aliphatic carbocycles. The molecule has 0 bridgehead atoms. The molecule has 0 aromatic rings. The number of nitrogens with one attached hydrogen (secondary N) is 1. The van der Waals surface area contributed by atoms with E-state index in [1.54, 1.807) is 7.11 Å². The third-order valence-electron chi connectivity index (χ3n) is 2.70. The highest BCUT2D eigenvalue weighted by Gasteiger charge is 2.01. The Morgan fingerprint density at radius 1 is 1.13 bits per heavy atom. The van der Waals surface area contributed by atoms with Crippen molar-refractivity contribution in [1.82, 2.24) is 10.2 Å². The molecular formula is C12H28N2O. The molecule has 0 amide bonds. The first kappa shape index (κ1) is 14.9. The van der Waals surface area contributed by atoms with Gasteiger partial charge < -0.3 is 15.0 Å². The SMILES string of the molecule is COCCCCNCCCN(C)C(C)C. The van der Waals surface area contributed by atoms with Crippen LogP contribution in [0, 0.1) is 0 Å². The van der Waals surface area contributed by atoms with Crippen LogP contribution in [-0.4, -0.2) is 51.3 Å². The molecule has 0 atom stereocenters. The molecule has 0 aliphatic rings. The smallest absolute Gasteiger partial charge is 0.0462 e. The largest absolute Gasteiger partial charge is 0.385 e. The van der Waals surface area contributed by atoms with E-state index in [2.05, 4.69) is 31.1 Å². The van der Waals surface area contributed by atoms with Crippen LogP contribution in [0.15, 0.2) is 0 Å². The van der Waals surface area contributed by atoms with Crippen molar-refractivity contribution in [1.29, 1.82) is 0 Å². The summed E-state index contributed by atoms with van der Waals surface area (Å²) in [5.74, 6) is 0. The minimum Gasteiger partial charge on any atom is -0.385 e. The Kier molecular flexibility index (Phi) is 10.3. The first-order valence-electron chi connectivity index (χ1n) is 6.08. The molecular weight excluding hydrogens is 188 g/mol. The Hall–Kier alpha value is -0.120. The number of unbranched alkanes of at least 4 members (excludes halogenated alkanes) is 1. The van der Waals surface area contributed by atoms with Gasteiger partial charge in [0.15, 0.2) is 0 Å². The second kappa shape index (κ2) is 10.4. The fourth-order valence-electron chi connectivity index (χ4n) is 1.33. The van der Waals surface area contributed by atoms with E-state index in [1.165, 1.54) is 19.4 Å². The van der Waals surface area contributed by atoms with Crippen LogP contribution in [0.1, 0.15) is 33.1 Å². The summed E-state index contributed by atoms with van der Waals surface area (Å²) in [4.78, 5) is 2.38. The zero-order valence-corrected chi connectivity index (χ0v) is 10.9. The van der Waals surface area contributed by atoms with Crippen LogP contribution < -0.4 is 5.32 Å². The lowest BCUT2D eigenvalue weighted by Crippen LogP contribution is -2.29. The molecule has 0 saturated carbocycles. The number of ether oxygens (including phenoxy) is 1. The maximum absolute atomic E-state index is 4.99. The summed E-state index contributed by atoms with van der Waals surface area (Å²) in [7, 11) is 3.94. The maximum atomic E-state index is 4.99. The Balaban J connectivity index is 3.05. The topological polar surface area (TPSA) is 24.5 Å². The van der Waals surface area contributed by atoms with Gasteiger partial charge in [-0.15, -0.1) is 0 Å². The van der Waals surface area contributed by atoms with Gasteiger partial charge >= 0.3 is 0 Å². The summed E-state index contributed by atoms with van der Waals surface area (Å²) in [5.41, 5.74) is 0. The third-order valence-corrected chi connectivity index (χ3v) is 2.70. The van der Waals surface area contributed by atoms with Gasteiger partial charge in [-0.1, -0.05) is 0 Å². The first-order valence-corrected chi connectivity index (χ1v) is 6.08. The highest BCUT2D eigenvalue weighted by Crippen LogP contribution is 1.94. The normalized spacial score (nSPS) is 11.6. The predicted octanol–water partition coefficient (Wildman–Crippen LogP) is 1.73. The average molecular weight is 216 g/mol. The van der Waals surface area contributed by atoms with Gasteiger partial charge in [-0.05, 0) is 59.8 Å². The van der Waals surface area contributed by atoms with Crippen LogP contribution in [0.25, 0.3) is 0 Å². The summed E-state index contributed by atoms with van der Waals surface area (Å²) < 4.78 is 4.99. The van der Waals surface area contributed by atoms with Crippen molar-refractivity contribution in [2.75, 3.05) is 40.4 Å². The van der Waals surface area contributed by atoms with E-state index in [9.17, 15) is 0 Å². The first-order chi connectivity index (χ1) is 7.18. The van der Waals surface area contributed by atoms with Gasteiger partial charge in [0.2, 0.25) is 0 Å². The quantitative estimate of drug-likeness (QED) is 0.563. The number of hydrogen-bond acceptors (Lipinski definition) is 3. The molecule has 3 nitrogen and oxygen atoms in total. The van der Waals surface area contributed by atoms with Crippen molar-refractivity contribution in [3.8, 4) is 0 Å². The van der Waals surface area contributed by atoms with E-state index >= 15 is 0 Å². The monoisotopic (exact) mass is 216 g/mol. The summed E-state index contributed by atoms with van der Waals surface area (Å²) in [6.45, 7) is 8.79. The van der Waals surface area contributed by atoms with Crippen LogP contribution in [0.5, 0.6) is 0 Å².